The number of hydrogen-bond acceptors (Lipinski definition) is 1. The van der Waals surface area contributed by atoms with Crippen molar-refractivity contribution in [1.29, 1.82) is 0 Å². The van der Waals surface area contributed by atoms with Gasteiger partial charge in [0.1, 0.15) is 4.88 Å². The molecule has 0 aromatic carbocycles. The van der Waals surface area contributed by atoms with E-state index in [2.05, 4.69) is 20.8 Å². The monoisotopic (exact) mass is 290 g/mol. The molecule has 0 spiro atoms. The predicted octanol–water partition coefficient (Wildman–Crippen LogP) is 5.94. The Morgan fingerprint density at radius 1 is 1.21 bits per heavy atom. The van der Waals surface area contributed by atoms with E-state index in [9.17, 15) is 13.2 Å². The zero-order valence-corrected chi connectivity index (χ0v) is 12.4. The highest BCUT2D eigenvalue weighted by molar-refractivity contribution is 7.12. The first-order chi connectivity index (χ1) is 8.79. The normalized spacial score (nSPS) is 28.9. The zero-order valence-electron chi connectivity index (χ0n) is 11.6. The second kappa shape index (κ2) is 5.47. The summed E-state index contributed by atoms with van der Waals surface area (Å²) >= 11 is 0.945. The SMILES string of the molecule is CC(C)[C@@H]1CC[C@@H](C)C[C@H]1c1ccc(C(F)(F)F)s1. The van der Waals surface area contributed by atoms with Crippen LogP contribution in [0.2, 0.25) is 0 Å². The molecule has 0 amide bonds. The van der Waals surface area contributed by atoms with Gasteiger partial charge in [-0.05, 0) is 48.6 Å². The molecule has 1 saturated carbocycles. The summed E-state index contributed by atoms with van der Waals surface area (Å²) < 4.78 is 38.1. The summed E-state index contributed by atoms with van der Waals surface area (Å²) in [5, 5.41) is 0. The van der Waals surface area contributed by atoms with Gasteiger partial charge in [-0.1, -0.05) is 27.2 Å². The Labute approximate surface area is 117 Å². The maximum absolute atomic E-state index is 12.7. The molecule has 1 aromatic heterocycles. The molecular formula is C15H21F3S. The minimum Gasteiger partial charge on any atom is -0.165 e. The highest BCUT2D eigenvalue weighted by Crippen LogP contribution is 2.47. The van der Waals surface area contributed by atoms with E-state index in [1.807, 2.05) is 0 Å². The van der Waals surface area contributed by atoms with Crippen LogP contribution in [-0.2, 0) is 6.18 Å². The van der Waals surface area contributed by atoms with Crippen molar-refractivity contribution in [1.82, 2.24) is 0 Å². The van der Waals surface area contributed by atoms with Crippen molar-refractivity contribution in [2.45, 2.75) is 52.1 Å². The number of halogens is 3. The van der Waals surface area contributed by atoms with E-state index < -0.39 is 11.1 Å². The van der Waals surface area contributed by atoms with Gasteiger partial charge in [0.25, 0.3) is 0 Å². The Morgan fingerprint density at radius 2 is 1.89 bits per heavy atom. The summed E-state index contributed by atoms with van der Waals surface area (Å²) in [4.78, 5) is 0.473. The molecular weight excluding hydrogens is 269 g/mol. The van der Waals surface area contributed by atoms with Gasteiger partial charge in [-0.15, -0.1) is 11.3 Å². The van der Waals surface area contributed by atoms with Crippen LogP contribution in [0.3, 0.4) is 0 Å². The molecule has 1 heterocycles. The number of rotatable bonds is 2. The van der Waals surface area contributed by atoms with Gasteiger partial charge >= 0.3 is 6.18 Å². The van der Waals surface area contributed by atoms with Crippen molar-refractivity contribution in [2.75, 3.05) is 0 Å². The first kappa shape index (κ1) is 14.9. The third-order valence-electron chi connectivity index (χ3n) is 4.29. The lowest BCUT2D eigenvalue weighted by atomic mass is 9.69. The van der Waals surface area contributed by atoms with Crippen LogP contribution in [0.15, 0.2) is 12.1 Å². The van der Waals surface area contributed by atoms with Crippen molar-refractivity contribution in [3.05, 3.63) is 21.9 Å². The van der Waals surface area contributed by atoms with Crippen molar-refractivity contribution < 1.29 is 13.2 Å². The van der Waals surface area contributed by atoms with Crippen LogP contribution in [0.1, 0.15) is 55.7 Å². The molecule has 0 nitrogen and oxygen atoms in total. The quantitative estimate of drug-likeness (QED) is 0.632. The standard InChI is InChI=1S/C15H21F3S/c1-9(2)11-5-4-10(3)8-12(11)13-6-7-14(19-13)15(16,17)18/h6-7,9-12H,4-5,8H2,1-3H3/t10-,11+,12-/m1/s1. The lowest BCUT2D eigenvalue weighted by Gasteiger charge is -2.37. The topological polar surface area (TPSA) is 0 Å². The Morgan fingerprint density at radius 3 is 2.42 bits per heavy atom. The summed E-state index contributed by atoms with van der Waals surface area (Å²) in [5.74, 6) is 1.99. The lowest BCUT2D eigenvalue weighted by Crippen LogP contribution is -2.25. The van der Waals surface area contributed by atoms with E-state index in [4.69, 9.17) is 0 Å². The molecule has 1 fully saturated rings. The Bertz CT molecular complexity index is 419. The largest absolute Gasteiger partial charge is 0.425 e. The molecule has 108 valence electrons. The smallest absolute Gasteiger partial charge is 0.165 e. The minimum atomic E-state index is -4.20. The molecule has 1 aliphatic rings. The van der Waals surface area contributed by atoms with Crippen molar-refractivity contribution in [3.8, 4) is 0 Å². The lowest BCUT2D eigenvalue weighted by molar-refractivity contribution is -0.134. The van der Waals surface area contributed by atoms with Crippen LogP contribution < -0.4 is 0 Å². The number of hydrogen-bond donors (Lipinski definition) is 0. The van der Waals surface area contributed by atoms with Crippen molar-refractivity contribution in [2.24, 2.45) is 17.8 Å². The molecule has 0 radical (unpaired) electrons. The van der Waals surface area contributed by atoms with E-state index in [0.717, 1.165) is 29.1 Å². The molecule has 3 atom stereocenters. The minimum absolute atomic E-state index is 0.310. The third kappa shape index (κ3) is 3.33. The maximum Gasteiger partial charge on any atom is 0.425 e. The highest BCUT2D eigenvalue weighted by atomic mass is 32.1. The van der Waals surface area contributed by atoms with E-state index in [1.165, 1.54) is 12.5 Å². The van der Waals surface area contributed by atoms with E-state index in [0.29, 0.717) is 23.7 Å². The summed E-state index contributed by atoms with van der Waals surface area (Å²) in [6.45, 7) is 6.58. The average Bonchev–Trinajstić information content (AvgIpc) is 2.77. The molecule has 0 unspecified atom stereocenters. The average molecular weight is 290 g/mol. The van der Waals surface area contributed by atoms with E-state index in [-0.39, 0.29) is 0 Å². The number of thiophene rings is 1. The van der Waals surface area contributed by atoms with Gasteiger partial charge in [0.15, 0.2) is 0 Å². The summed E-state index contributed by atoms with van der Waals surface area (Å²) in [6, 6.07) is 2.95. The summed E-state index contributed by atoms with van der Waals surface area (Å²) in [6.07, 6.45) is -0.823. The van der Waals surface area contributed by atoms with Gasteiger partial charge in [0.05, 0.1) is 0 Å². The molecule has 0 N–H and O–H groups in total. The number of alkyl halides is 3. The van der Waals surface area contributed by atoms with Gasteiger partial charge in [-0.2, -0.15) is 13.2 Å². The van der Waals surface area contributed by atoms with Crippen LogP contribution in [0.5, 0.6) is 0 Å². The van der Waals surface area contributed by atoms with Gasteiger partial charge < -0.3 is 0 Å². The van der Waals surface area contributed by atoms with Crippen LogP contribution >= 0.6 is 11.3 Å². The molecule has 19 heavy (non-hydrogen) atoms. The predicted molar refractivity (Wildman–Crippen MR) is 73.4 cm³/mol. The maximum atomic E-state index is 12.7. The molecule has 0 saturated heterocycles. The van der Waals surface area contributed by atoms with Gasteiger partial charge in [0, 0.05) is 4.88 Å². The van der Waals surface area contributed by atoms with E-state index in [1.54, 1.807) is 6.07 Å². The molecule has 0 aliphatic heterocycles. The first-order valence-corrected chi connectivity index (χ1v) is 7.77. The highest BCUT2D eigenvalue weighted by Gasteiger charge is 2.36. The third-order valence-corrected chi connectivity index (χ3v) is 5.56. The van der Waals surface area contributed by atoms with Crippen LogP contribution in [0.25, 0.3) is 0 Å². The fraction of sp³-hybridized carbons (Fsp3) is 0.733. The summed E-state index contributed by atoms with van der Waals surface area (Å²) in [7, 11) is 0. The summed E-state index contributed by atoms with van der Waals surface area (Å²) in [5.41, 5.74) is 0. The fourth-order valence-corrected chi connectivity index (χ4v) is 4.30. The molecule has 1 aromatic rings. The van der Waals surface area contributed by atoms with Gasteiger partial charge in [-0.25, -0.2) is 0 Å². The Hall–Kier alpha value is -0.510. The van der Waals surface area contributed by atoms with Gasteiger partial charge in [-0.3, -0.25) is 0 Å². The van der Waals surface area contributed by atoms with Crippen molar-refractivity contribution in [3.63, 3.8) is 0 Å². The van der Waals surface area contributed by atoms with Crippen molar-refractivity contribution >= 4 is 11.3 Å². The van der Waals surface area contributed by atoms with Crippen LogP contribution in [-0.4, -0.2) is 0 Å². The molecule has 1 aliphatic carbocycles. The fourth-order valence-electron chi connectivity index (χ4n) is 3.23. The second-order valence-electron chi connectivity index (χ2n) is 6.13. The second-order valence-corrected chi connectivity index (χ2v) is 7.25. The molecule has 0 bridgehead atoms. The first-order valence-electron chi connectivity index (χ1n) is 6.96. The molecule has 2 rings (SSSR count). The zero-order chi connectivity index (χ0) is 14.2. The van der Waals surface area contributed by atoms with Gasteiger partial charge in [0.2, 0.25) is 0 Å². The molecule has 4 heteroatoms. The Balaban J connectivity index is 2.24. The Kier molecular flexibility index (Phi) is 4.29. The van der Waals surface area contributed by atoms with Crippen LogP contribution in [0, 0.1) is 17.8 Å². The van der Waals surface area contributed by atoms with E-state index >= 15 is 0 Å². The van der Waals surface area contributed by atoms with Crippen LogP contribution in [0.4, 0.5) is 13.2 Å².